The van der Waals surface area contributed by atoms with Crippen LogP contribution in [0.5, 0.6) is 0 Å². The molecule has 0 fully saturated rings. The fraction of sp³-hybridized carbons (Fsp3) is 0. The van der Waals surface area contributed by atoms with Crippen molar-refractivity contribution in [3.8, 4) is 62.1 Å². The number of hydrogen-bond donors (Lipinski definition) is 0. The predicted octanol–water partition coefficient (Wildman–Crippen LogP) is 19.6. The normalized spacial score (nSPS) is 12.1. The highest BCUT2D eigenvalue weighted by Gasteiger charge is 2.24. The summed E-state index contributed by atoms with van der Waals surface area (Å²) in [4.78, 5) is 16.7. The third-order valence-electron chi connectivity index (χ3n) is 14.9. The van der Waals surface area contributed by atoms with Crippen LogP contribution < -0.4 is 0 Å². The smallest absolute Gasteiger partial charge is 0.164 e. The van der Waals surface area contributed by atoms with Gasteiger partial charge in [-0.25, -0.2) is 15.0 Å². The molecule has 11 aromatic carbocycles. The van der Waals surface area contributed by atoms with Crippen molar-refractivity contribution < 1.29 is 0 Å². The van der Waals surface area contributed by atoms with E-state index in [9.17, 15) is 0 Å². The van der Waals surface area contributed by atoms with Gasteiger partial charge in [0, 0.05) is 93.7 Å². The molecule has 0 saturated heterocycles. The molecule has 0 aliphatic heterocycles. The van der Waals surface area contributed by atoms with E-state index in [1.807, 2.05) is 34.0 Å². The van der Waals surface area contributed by atoms with Crippen LogP contribution >= 0.6 is 34.0 Å². The number of fused-ring (bicyclic) bond motifs is 13. The minimum Gasteiger partial charge on any atom is -0.309 e. The zero-order chi connectivity index (χ0) is 48.4. The van der Waals surface area contributed by atoms with Gasteiger partial charge in [0.1, 0.15) is 0 Å². The van der Waals surface area contributed by atoms with Gasteiger partial charge in [-0.1, -0.05) is 152 Å². The lowest BCUT2D eigenvalue weighted by Gasteiger charge is -2.16. The number of aromatic nitrogens is 4. The summed E-state index contributed by atoms with van der Waals surface area (Å²) < 4.78 is 9.88. The lowest BCUT2D eigenvalue weighted by atomic mass is 9.96. The van der Waals surface area contributed by atoms with Crippen molar-refractivity contribution in [2.45, 2.75) is 0 Å². The van der Waals surface area contributed by atoms with E-state index in [0.29, 0.717) is 17.5 Å². The zero-order valence-corrected chi connectivity index (χ0v) is 41.9. The summed E-state index contributed by atoms with van der Waals surface area (Å²) in [6.45, 7) is 0. The molecule has 0 N–H and O–H groups in total. The van der Waals surface area contributed by atoms with E-state index in [4.69, 9.17) is 15.0 Å². The van der Waals surface area contributed by atoms with Crippen LogP contribution in [-0.4, -0.2) is 19.5 Å². The molecule has 16 aromatic rings. The molecule has 0 aliphatic rings. The van der Waals surface area contributed by atoms with Crippen molar-refractivity contribution in [3.05, 3.63) is 231 Å². The molecule has 7 heteroatoms. The second kappa shape index (κ2) is 16.3. The van der Waals surface area contributed by atoms with E-state index in [-0.39, 0.29) is 0 Å². The van der Waals surface area contributed by atoms with Crippen LogP contribution in [0, 0.1) is 0 Å². The van der Waals surface area contributed by atoms with E-state index in [1.165, 1.54) is 82.4 Å². The van der Waals surface area contributed by atoms with Gasteiger partial charge in [0.25, 0.3) is 0 Å². The molecule has 4 nitrogen and oxygen atoms in total. The summed E-state index contributed by atoms with van der Waals surface area (Å²) in [6, 6.07) is 84.0. The Bertz CT molecular complexity index is 4850. The van der Waals surface area contributed by atoms with Crippen molar-refractivity contribution in [2.24, 2.45) is 0 Å². The van der Waals surface area contributed by atoms with Crippen LogP contribution in [0.15, 0.2) is 231 Å². The molecule has 5 aromatic heterocycles. The molecular weight excluding hydrogens is 957 g/mol. The molecule has 0 aliphatic carbocycles. The first-order chi connectivity index (χ1) is 36.7. The second-order valence-corrected chi connectivity index (χ2v) is 22.3. The Morgan fingerprint density at radius 3 is 1.49 bits per heavy atom. The molecule has 5 heterocycles. The maximum absolute atomic E-state index is 5.61. The van der Waals surface area contributed by atoms with E-state index in [1.54, 1.807) is 0 Å². The van der Waals surface area contributed by atoms with Gasteiger partial charge in [-0.15, -0.1) is 34.0 Å². The molecule has 0 bridgehead atoms. The van der Waals surface area contributed by atoms with E-state index in [0.717, 1.165) is 55.3 Å². The highest BCUT2D eigenvalue weighted by atomic mass is 32.1. The van der Waals surface area contributed by atoms with Gasteiger partial charge in [-0.05, 0) is 112 Å². The predicted molar refractivity (Wildman–Crippen MR) is 318 cm³/mol. The van der Waals surface area contributed by atoms with Crippen LogP contribution in [0.25, 0.3) is 155 Å². The number of benzene rings is 11. The Kier molecular flexibility index (Phi) is 9.21. The lowest BCUT2D eigenvalue weighted by Crippen LogP contribution is -2.02. The average molecular weight is 995 g/mol. The number of nitrogens with zero attached hydrogens (tertiary/aromatic N) is 4. The van der Waals surface area contributed by atoms with Gasteiger partial charge in [-0.3, -0.25) is 0 Å². The molecule has 0 atom stereocenters. The van der Waals surface area contributed by atoms with Gasteiger partial charge in [0.2, 0.25) is 0 Å². The largest absolute Gasteiger partial charge is 0.309 e. The first-order valence-electron chi connectivity index (χ1n) is 24.8. The van der Waals surface area contributed by atoms with Gasteiger partial charge in [0.15, 0.2) is 17.5 Å². The molecule has 0 spiro atoms. The SMILES string of the molecule is c1ccc(-c2cccc3c2c2cc4ccccc4cc2n3-c2ccc(-c3nc(-c4cccc5sc6ccccc6c45)nc(-c4cccc5sc6ccccc6c45)n3)c(-c3ccc4sc5ccccc5c4c3)c2)cc1. The number of hydrogen-bond acceptors (Lipinski definition) is 6. The van der Waals surface area contributed by atoms with Gasteiger partial charge >= 0.3 is 0 Å². The highest BCUT2D eigenvalue weighted by molar-refractivity contribution is 7.26. The highest BCUT2D eigenvalue weighted by Crippen LogP contribution is 2.46. The number of thiophene rings is 3. The molecule has 0 radical (unpaired) electrons. The lowest BCUT2D eigenvalue weighted by molar-refractivity contribution is 1.08. The topological polar surface area (TPSA) is 43.6 Å². The van der Waals surface area contributed by atoms with Crippen molar-refractivity contribution in [2.75, 3.05) is 0 Å². The van der Waals surface area contributed by atoms with Crippen molar-refractivity contribution >= 4 is 127 Å². The average Bonchev–Trinajstić information content (AvgIpc) is 4.25. The van der Waals surface area contributed by atoms with Crippen LogP contribution in [-0.2, 0) is 0 Å². The fourth-order valence-corrected chi connectivity index (χ4v) is 14.9. The Labute approximate surface area is 436 Å². The van der Waals surface area contributed by atoms with Crippen molar-refractivity contribution in [1.82, 2.24) is 19.5 Å². The van der Waals surface area contributed by atoms with Crippen molar-refractivity contribution in [3.63, 3.8) is 0 Å². The van der Waals surface area contributed by atoms with E-state index in [2.05, 4.69) is 235 Å². The van der Waals surface area contributed by atoms with Gasteiger partial charge in [-0.2, -0.15) is 0 Å². The first-order valence-corrected chi connectivity index (χ1v) is 27.3. The van der Waals surface area contributed by atoms with Gasteiger partial charge in [0.05, 0.1) is 11.0 Å². The molecule has 0 saturated carbocycles. The van der Waals surface area contributed by atoms with Gasteiger partial charge < -0.3 is 4.57 Å². The Morgan fingerprint density at radius 2 is 0.797 bits per heavy atom. The third kappa shape index (κ3) is 6.40. The fourth-order valence-electron chi connectivity index (χ4n) is 11.5. The summed E-state index contributed by atoms with van der Waals surface area (Å²) in [5.41, 5.74) is 10.8. The van der Waals surface area contributed by atoms with E-state index < -0.39 is 0 Å². The molecule has 344 valence electrons. The minimum absolute atomic E-state index is 0.620. The summed E-state index contributed by atoms with van der Waals surface area (Å²) in [5.74, 6) is 1.91. The van der Waals surface area contributed by atoms with Crippen molar-refractivity contribution in [1.29, 1.82) is 0 Å². The third-order valence-corrected chi connectivity index (χ3v) is 18.3. The first kappa shape index (κ1) is 41.7. The molecular formula is C67H38N4S3. The number of rotatable bonds is 6. The Balaban J connectivity index is 1.01. The second-order valence-electron chi connectivity index (χ2n) is 19.0. The van der Waals surface area contributed by atoms with Crippen LogP contribution in [0.3, 0.4) is 0 Å². The Morgan fingerprint density at radius 1 is 0.270 bits per heavy atom. The Hall–Kier alpha value is -8.85. The minimum atomic E-state index is 0.620. The molecule has 74 heavy (non-hydrogen) atoms. The maximum Gasteiger partial charge on any atom is 0.164 e. The zero-order valence-electron chi connectivity index (χ0n) is 39.5. The summed E-state index contributed by atoms with van der Waals surface area (Å²) in [5, 5.41) is 12.1. The monoisotopic (exact) mass is 994 g/mol. The van der Waals surface area contributed by atoms with Crippen LogP contribution in [0.1, 0.15) is 0 Å². The maximum atomic E-state index is 5.61. The molecule has 0 unspecified atom stereocenters. The summed E-state index contributed by atoms with van der Waals surface area (Å²) in [6.07, 6.45) is 0. The standard InChI is InChI=1S/C67H38N4S3/c1-2-15-39(16-3-1)44-22-12-25-54-62(44)53-35-40-17-4-5-18-41(40)37-55(53)71(54)43-32-33-46(51(38-43)42-31-34-59-52(36-42)45-19-6-9-26-56(45)72-59)65-68-66(49-23-13-29-60-63(49)47-20-7-10-27-57(47)73-60)70-67(69-65)50-24-14-30-61-64(50)48-21-8-11-28-58(48)74-61/h1-38H. The van der Waals surface area contributed by atoms with Crippen LogP contribution in [0.4, 0.5) is 0 Å². The van der Waals surface area contributed by atoms with E-state index >= 15 is 0 Å². The quantitative estimate of drug-likeness (QED) is 0.167. The molecule has 16 rings (SSSR count). The summed E-state index contributed by atoms with van der Waals surface area (Å²) in [7, 11) is 0. The summed E-state index contributed by atoms with van der Waals surface area (Å²) >= 11 is 5.46. The molecule has 0 amide bonds. The van der Waals surface area contributed by atoms with Crippen LogP contribution in [0.2, 0.25) is 0 Å².